The molecular weight excluding hydrogens is 1720 g/mol. The van der Waals surface area contributed by atoms with Gasteiger partial charge in [0.15, 0.2) is 0 Å². The Morgan fingerprint density at radius 3 is 1.72 bits per heavy atom. The van der Waals surface area contributed by atoms with E-state index in [1.54, 1.807) is 114 Å². The van der Waals surface area contributed by atoms with Gasteiger partial charge in [-0.3, -0.25) is 76.7 Å². The van der Waals surface area contributed by atoms with Gasteiger partial charge in [-0.05, 0) is 87.0 Å². The number of aliphatic carboxylic acids is 2. The molecule has 2 aromatic carbocycles. The number of amides is 16. The van der Waals surface area contributed by atoms with Crippen molar-refractivity contribution >= 4 is 156 Å². The lowest BCUT2D eigenvalue weighted by atomic mass is 9.98. The molecule has 16 amide bonds. The van der Waals surface area contributed by atoms with Crippen molar-refractivity contribution in [3.8, 4) is 0 Å². The number of rotatable bonds is 33. The van der Waals surface area contributed by atoms with Crippen LogP contribution in [-0.2, 0) is 101 Å². The number of aromatic amines is 3. The van der Waals surface area contributed by atoms with Crippen molar-refractivity contribution in [3.63, 3.8) is 0 Å². The van der Waals surface area contributed by atoms with Crippen LogP contribution in [0.1, 0.15) is 130 Å². The molecule has 16 atom stereocenters. The maximum atomic E-state index is 15.4. The van der Waals surface area contributed by atoms with Crippen molar-refractivity contribution in [2.24, 2.45) is 23.5 Å². The van der Waals surface area contributed by atoms with Crippen LogP contribution in [0.4, 0.5) is 4.79 Å². The molecule has 0 spiro atoms. The average molecular weight is 1840 g/mol. The highest BCUT2D eigenvalue weighted by Crippen LogP contribution is 2.34. The lowest BCUT2D eigenvalue weighted by molar-refractivity contribution is -0.140. The number of imidazole rings is 1. The van der Waals surface area contributed by atoms with E-state index in [4.69, 9.17) is 10.5 Å². The minimum atomic E-state index is -1.76. The van der Waals surface area contributed by atoms with Gasteiger partial charge in [0.2, 0.25) is 82.7 Å². The maximum Gasteiger partial charge on any atom is 0.315 e. The summed E-state index contributed by atoms with van der Waals surface area (Å²) in [7, 11) is 1.59. The van der Waals surface area contributed by atoms with Gasteiger partial charge in [0.05, 0.1) is 62.4 Å². The largest absolute Gasteiger partial charge is 0.481 e. The summed E-state index contributed by atoms with van der Waals surface area (Å²) in [4.78, 5) is 252. The number of nitrogens with zero attached hydrogens (tertiary/aromatic N) is 1. The molecule has 6 heterocycles. The Balaban J connectivity index is 1.10. The van der Waals surface area contributed by atoms with Gasteiger partial charge in [0, 0.05) is 108 Å². The Morgan fingerprint density at radius 2 is 1.12 bits per heavy atom. The van der Waals surface area contributed by atoms with Crippen LogP contribution in [0.15, 0.2) is 73.4 Å². The van der Waals surface area contributed by atoms with E-state index in [-0.39, 0.29) is 112 Å². The number of hydrogen-bond acceptors (Lipinski definition) is 24. The molecule has 45 heteroatoms. The van der Waals surface area contributed by atoms with Gasteiger partial charge in [-0.25, -0.2) is 9.78 Å². The van der Waals surface area contributed by atoms with Gasteiger partial charge in [0.1, 0.15) is 66.5 Å². The molecule has 128 heavy (non-hydrogen) atoms. The Hall–Kier alpha value is -11.6. The van der Waals surface area contributed by atoms with E-state index in [0.717, 1.165) is 40.2 Å². The molecule has 0 aliphatic carbocycles. The molecule has 3 aromatic heterocycles. The summed E-state index contributed by atoms with van der Waals surface area (Å²) in [6.07, 6.45) is 3.61. The number of carboxylic acids is 2. The number of urea groups is 1. The quantitative estimate of drug-likeness (QED) is 0.0123. The summed E-state index contributed by atoms with van der Waals surface area (Å²) >= 11 is 1.79. The number of ether oxygens (including phenoxy) is 1. The number of para-hydroxylation sites is 2. The molecule has 3 aliphatic heterocycles. The first-order valence-corrected chi connectivity index (χ1v) is 46.1. The third-order valence-corrected chi connectivity index (χ3v) is 25.2. The van der Waals surface area contributed by atoms with Crippen molar-refractivity contribution in [3.05, 3.63) is 90.3 Å². The summed E-state index contributed by atoms with van der Waals surface area (Å²) in [5, 5.41) is 74.5. The van der Waals surface area contributed by atoms with Crippen LogP contribution < -0.4 is 90.8 Å². The highest BCUT2D eigenvalue weighted by Gasteiger charge is 2.44. The summed E-state index contributed by atoms with van der Waals surface area (Å²) in [5.41, 5.74) is 8.48. The molecule has 3 saturated heterocycles. The molecule has 42 nitrogen and oxygen atoms in total. The molecule has 0 bridgehead atoms. The summed E-state index contributed by atoms with van der Waals surface area (Å²) in [6, 6.07) is -5.56. The molecule has 700 valence electrons. The van der Waals surface area contributed by atoms with Crippen LogP contribution in [0.3, 0.4) is 0 Å². The number of aliphatic hydroxyl groups excluding tert-OH is 1. The standard InChI is InChI=1S/C83H119N21O21S3/c1-41(2)27-55-73(114)90-36-65(107)93-54(21-22-66(108)109)74(115)96-56(28-42(3)4)78(119)102-68(43(5)6)82(123)98-58(30-47-34-89-53-18-12-10-16-50(47)53)76(117)100-62(80(121)103-69(45(8)105)81(122)87-24-26-125-25-23-86-64(106)20-14-13-19-63-70-60(37-126-63)101-83(124)104-70)39-128-127-38-61(99-72(113)51(84)32-67(110)111)79(120)92-44(7)71(112)94-57(29-46-33-88-52-17-11-9-15-49(46)52)75(116)97-59(77(118)95-55)31-48-35-85-40-91-48/h9-12,15-18,33-35,40-45,51,54-63,68-70,88-89,105H,13-14,19-32,36-39,84H2,1-8H3,(H,85,91)(H,86,106)(H,87,122)(H,90,114)(H,92,120)(H,93,107)(H,94,112)(H,95,118)(H,96,115)(H,97,116)(H,98,123)(H,99,113)(H,100,117)(H,102,119)(H,103,121)(H,108,109)(H,110,111)(H2,101,104,124)/t44-,45+,51-,54-,55-,56-,57-,58-,59-,60-,61-,62-,63-,68-,69-,70-/m0/s1. The van der Waals surface area contributed by atoms with Crippen LogP contribution >= 0.6 is 33.3 Å². The SMILES string of the molecule is CC(C)C[C@@H]1NC(=O)[C@H](Cc2c[nH]cn2)NC(=O)[C@H](Cc2c[nH]c3ccccc23)NC(=O)[C@H](C)NC(=O)[C@@H](NC(=O)[C@@H](N)CC(=O)O)CSSC[C@@H](C(=O)N[C@H](C(=O)NCCOCCNC(=O)CCCC[C@@H]2SC[C@@H]3NC(=O)N[C@@H]32)[C@@H](C)O)NC(=O)[C@H](Cc2c[nH]c3ccccc23)NC(=O)[C@H](C(C)C)NC(=O)[C@H](CC(C)C)NC(=O)[C@H](CCC(=O)O)NC(=O)CNC1=O. The number of aliphatic hydroxyl groups is 1. The summed E-state index contributed by atoms with van der Waals surface area (Å²) in [6.45, 7) is 11.5. The Morgan fingerprint density at radius 1 is 0.562 bits per heavy atom. The fourth-order valence-corrected chi connectivity index (χ4v) is 18.3. The molecule has 0 saturated carbocycles. The summed E-state index contributed by atoms with van der Waals surface area (Å²) < 4.78 is 5.67. The third kappa shape index (κ3) is 32.0. The van der Waals surface area contributed by atoms with E-state index < -0.39 is 211 Å². The van der Waals surface area contributed by atoms with Crippen molar-refractivity contribution in [1.29, 1.82) is 0 Å². The number of thioether (sulfide) groups is 1. The van der Waals surface area contributed by atoms with E-state index in [9.17, 15) is 77.6 Å². The maximum absolute atomic E-state index is 15.4. The monoisotopic (exact) mass is 1840 g/mol. The first-order valence-electron chi connectivity index (χ1n) is 42.5. The minimum absolute atomic E-state index is 0.0459. The zero-order chi connectivity index (χ0) is 93.4. The lowest BCUT2D eigenvalue weighted by Gasteiger charge is -2.29. The molecule has 5 aromatic rings. The average Bonchev–Trinajstić information content (AvgIpc) is 1.66. The number of carbonyl (C=O) groups excluding carboxylic acids is 15. The van der Waals surface area contributed by atoms with Gasteiger partial charge in [-0.2, -0.15) is 11.8 Å². The van der Waals surface area contributed by atoms with Crippen LogP contribution in [0, 0.1) is 17.8 Å². The first kappa shape index (κ1) is 102. The number of nitrogens with one attached hydrogen (secondary N) is 19. The number of nitrogens with two attached hydrogens (primary N) is 1. The van der Waals surface area contributed by atoms with Gasteiger partial charge >= 0.3 is 18.0 Å². The molecule has 3 aliphatic rings. The van der Waals surface area contributed by atoms with Gasteiger partial charge in [-0.1, -0.05) is 106 Å². The number of hydrogen-bond donors (Lipinski definition) is 23. The fraction of sp³-hybridized carbons (Fsp3) is 0.566. The van der Waals surface area contributed by atoms with E-state index in [1.807, 2.05) is 0 Å². The molecule has 24 N–H and O–H groups in total. The normalized spacial score (nSPS) is 24.0. The van der Waals surface area contributed by atoms with Crippen molar-refractivity contribution in [1.82, 2.24) is 105 Å². The number of H-pyrrole nitrogens is 3. The minimum Gasteiger partial charge on any atom is -0.481 e. The zero-order valence-electron chi connectivity index (χ0n) is 72.5. The van der Waals surface area contributed by atoms with Crippen LogP contribution in [0.2, 0.25) is 0 Å². The van der Waals surface area contributed by atoms with Gasteiger partial charge in [0.25, 0.3) is 0 Å². The number of unbranched alkanes of at least 4 members (excludes halogenated alkanes) is 1. The van der Waals surface area contributed by atoms with E-state index in [1.165, 1.54) is 26.4 Å². The molecule has 8 rings (SSSR count). The second-order valence-corrected chi connectivity index (χ2v) is 36.8. The van der Waals surface area contributed by atoms with Gasteiger partial charge < -0.3 is 126 Å². The highest BCUT2D eigenvalue weighted by atomic mass is 33.1. The molecule has 0 unspecified atom stereocenters. The topological polar surface area (TPSA) is 639 Å². The second-order valence-electron chi connectivity index (χ2n) is 32.9. The predicted molar refractivity (Wildman–Crippen MR) is 474 cm³/mol. The Kier molecular flexibility index (Phi) is 40.0. The van der Waals surface area contributed by atoms with Crippen molar-refractivity contribution < 1.29 is 102 Å². The van der Waals surface area contributed by atoms with Crippen LogP contribution in [0.5, 0.6) is 0 Å². The number of carbonyl (C=O) groups is 17. The Bertz CT molecular complexity index is 4700. The van der Waals surface area contributed by atoms with Gasteiger partial charge in [-0.15, -0.1) is 0 Å². The lowest BCUT2D eigenvalue weighted by Crippen LogP contribution is -2.62. The Labute approximate surface area is 750 Å². The summed E-state index contributed by atoms with van der Waals surface area (Å²) in [5.74, 6) is -17.8. The number of benzene rings is 2. The van der Waals surface area contributed by atoms with E-state index in [0.29, 0.717) is 39.4 Å². The molecule has 3 fully saturated rings. The van der Waals surface area contributed by atoms with E-state index in [2.05, 4.69) is 105 Å². The molecule has 0 radical (unpaired) electrons. The fourth-order valence-electron chi connectivity index (χ4n) is 14.5. The predicted octanol–water partition coefficient (Wildman–Crippen LogP) is -1.97. The smallest absolute Gasteiger partial charge is 0.315 e. The first-order chi connectivity index (χ1) is 60.9. The van der Waals surface area contributed by atoms with Crippen LogP contribution in [0.25, 0.3) is 21.8 Å². The highest BCUT2D eigenvalue weighted by molar-refractivity contribution is 8.76. The number of carboxylic acid groups (broad SMARTS) is 2. The number of aromatic nitrogens is 4. The third-order valence-electron chi connectivity index (χ3n) is 21.3. The zero-order valence-corrected chi connectivity index (χ0v) is 74.9. The van der Waals surface area contributed by atoms with E-state index >= 15 is 19.2 Å². The van der Waals surface area contributed by atoms with Crippen molar-refractivity contribution in [2.45, 2.75) is 228 Å². The van der Waals surface area contributed by atoms with Crippen molar-refractivity contribution in [2.75, 3.05) is 50.1 Å². The molecular formula is C83H119N21O21S3. The number of fused-ring (bicyclic) bond motifs is 3. The second kappa shape index (κ2) is 50.3. The van der Waals surface area contributed by atoms with Crippen LogP contribution in [-0.4, -0.2) is 282 Å².